The predicted molar refractivity (Wildman–Crippen MR) is 101 cm³/mol. The highest BCUT2D eigenvalue weighted by Crippen LogP contribution is 2.34. The standard InChI is InChI=1S/C20H21F2N3O.ClH/c21-16-9-15(10-17(22)11-16)20(26)24-19-14-3-6-25(7-4-14)18(19)8-13-2-1-5-23-12-13;/h1-2,5,9-12,14,18-19H,3-4,6-8H2,(H,24,26);1H. The van der Waals surface area contributed by atoms with E-state index in [9.17, 15) is 13.6 Å². The van der Waals surface area contributed by atoms with Gasteiger partial charge >= 0.3 is 0 Å². The summed E-state index contributed by atoms with van der Waals surface area (Å²) < 4.78 is 26.9. The summed E-state index contributed by atoms with van der Waals surface area (Å²) in [5.74, 6) is -1.51. The third-order valence-corrected chi connectivity index (χ3v) is 5.56. The fourth-order valence-corrected chi connectivity index (χ4v) is 4.30. The fraction of sp³-hybridized carbons (Fsp3) is 0.400. The molecule has 3 fully saturated rings. The Kier molecular flexibility index (Phi) is 6.07. The van der Waals surface area contributed by atoms with Gasteiger partial charge in [-0.2, -0.15) is 0 Å². The van der Waals surface area contributed by atoms with Crippen LogP contribution in [0.4, 0.5) is 8.78 Å². The molecule has 1 N–H and O–H groups in total. The third-order valence-electron chi connectivity index (χ3n) is 5.56. The summed E-state index contributed by atoms with van der Waals surface area (Å²) in [6.45, 7) is 2.05. The lowest BCUT2D eigenvalue weighted by Gasteiger charge is -2.51. The molecule has 144 valence electrons. The number of benzene rings is 1. The summed E-state index contributed by atoms with van der Waals surface area (Å²) in [7, 11) is 0. The molecule has 2 bridgehead atoms. The molecular weight excluding hydrogens is 372 g/mol. The molecule has 0 radical (unpaired) electrons. The van der Waals surface area contributed by atoms with Gasteiger partial charge in [-0.15, -0.1) is 12.4 Å². The normalized spacial score (nSPS) is 26.3. The van der Waals surface area contributed by atoms with Gasteiger partial charge in [-0.05, 0) is 62.0 Å². The van der Waals surface area contributed by atoms with Crippen LogP contribution in [0.5, 0.6) is 0 Å². The number of carbonyl (C=O) groups excluding carboxylic acids is 1. The van der Waals surface area contributed by atoms with Gasteiger partial charge in [-0.25, -0.2) is 8.78 Å². The van der Waals surface area contributed by atoms with Crippen LogP contribution in [0.1, 0.15) is 28.8 Å². The molecular formula is C20H22ClF2N3O. The van der Waals surface area contributed by atoms with Crippen molar-refractivity contribution in [3.63, 3.8) is 0 Å². The zero-order valence-electron chi connectivity index (χ0n) is 14.8. The average Bonchev–Trinajstić information content (AvgIpc) is 2.64. The van der Waals surface area contributed by atoms with E-state index in [1.807, 2.05) is 18.3 Å². The van der Waals surface area contributed by atoms with Gasteiger partial charge in [0.15, 0.2) is 0 Å². The first kappa shape index (κ1) is 19.7. The number of aromatic nitrogens is 1. The molecule has 3 saturated heterocycles. The molecule has 2 aromatic rings. The van der Waals surface area contributed by atoms with Crippen molar-refractivity contribution < 1.29 is 13.6 Å². The molecule has 0 saturated carbocycles. The SMILES string of the molecule is Cl.O=C(NC1C2CCN(CC2)C1Cc1cccnc1)c1cc(F)cc(F)c1. The highest BCUT2D eigenvalue weighted by molar-refractivity contribution is 5.94. The van der Waals surface area contributed by atoms with Gasteiger partial charge in [0.05, 0.1) is 0 Å². The molecule has 0 spiro atoms. The zero-order valence-corrected chi connectivity index (χ0v) is 15.6. The van der Waals surface area contributed by atoms with Gasteiger partial charge in [-0.1, -0.05) is 6.07 Å². The van der Waals surface area contributed by atoms with Gasteiger partial charge in [0.25, 0.3) is 5.91 Å². The van der Waals surface area contributed by atoms with Crippen LogP contribution in [0.25, 0.3) is 0 Å². The van der Waals surface area contributed by atoms with E-state index in [-0.39, 0.29) is 30.1 Å². The molecule has 1 amide bonds. The van der Waals surface area contributed by atoms with Crippen LogP contribution < -0.4 is 5.32 Å². The summed E-state index contributed by atoms with van der Waals surface area (Å²) in [4.78, 5) is 19.2. The van der Waals surface area contributed by atoms with Crippen LogP contribution in [0.15, 0.2) is 42.7 Å². The Bertz CT molecular complexity index is 777. The second kappa shape index (κ2) is 8.31. The van der Waals surface area contributed by atoms with Crippen LogP contribution >= 0.6 is 12.4 Å². The van der Waals surface area contributed by atoms with Gasteiger partial charge in [-0.3, -0.25) is 14.7 Å². The van der Waals surface area contributed by atoms with Crippen LogP contribution in [-0.2, 0) is 6.42 Å². The minimum atomic E-state index is -0.740. The second-order valence-corrected chi connectivity index (χ2v) is 7.16. The van der Waals surface area contributed by atoms with Crippen molar-refractivity contribution in [2.75, 3.05) is 13.1 Å². The average molecular weight is 394 g/mol. The van der Waals surface area contributed by atoms with E-state index in [0.717, 1.165) is 56.1 Å². The van der Waals surface area contributed by atoms with E-state index in [4.69, 9.17) is 0 Å². The van der Waals surface area contributed by atoms with Crippen molar-refractivity contribution in [3.8, 4) is 0 Å². The van der Waals surface area contributed by atoms with Crippen LogP contribution in [0.3, 0.4) is 0 Å². The van der Waals surface area contributed by atoms with Gasteiger partial charge < -0.3 is 5.32 Å². The molecule has 2 atom stereocenters. The number of nitrogens with zero attached hydrogens (tertiary/aromatic N) is 2. The smallest absolute Gasteiger partial charge is 0.251 e. The first-order valence-corrected chi connectivity index (χ1v) is 9.00. The van der Waals surface area contributed by atoms with Crippen LogP contribution in [0, 0.1) is 17.6 Å². The Morgan fingerprint density at radius 2 is 1.89 bits per heavy atom. The van der Waals surface area contributed by atoms with E-state index in [1.54, 1.807) is 6.20 Å². The summed E-state index contributed by atoms with van der Waals surface area (Å²) >= 11 is 0. The van der Waals surface area contributed by atoms with E-state index in [1.165, 1.54) is 0 Å². The Morgan fingerprint density at radius 1 is 1.19 bits per heavy atom. The molecule has 3 aliphatic heterocycles. The number of rotatable bonds is 4. The molecule has 4 heterocycles. The van der Waals surface area contributed by atoms with E-state index in [0.29, 0.717) is 5.92 Å². The highest BCUT2D eigenvalue weighted by Gasteiger charge is 2.42. The number of nitrogens with one attached hydrogen (secondary N) is 1. The molecule has 2 unspecified atom stereocenters. The Labute approximate surface area is 163 Å². The highest BCUT2D eigenvalue weighted by atomic mass is 35.5. The van der Waals surface area contributed by atoms with Crippen molar-refractivity contribution in [2.24, 2.45) is 5.92 Å². The Morgan fingerprint density at radius 3 is 2.52 bits per heavy atom. The molecule has 27 heavy (non-hydrogen) atoms. The third kappa shape index (κ3) is 4.28. The number of hydrogen-bond acceptors (Lipinski definition) is 3. The zero-order chi connectivity index (χ0) is 18.1. The number of fused-ring (bicyclic) bond motifs is 3. The minimum Gasteiger partial charge on any atom is -0.347 e. The van der Waals surface area contributed by atoms with Gasteiger partial charge in [0, 0.05) is 36.1 Å². The van der Waals surface area contributed by atoms with Crippen molar-refractivity contribution in [2.45, 2.75) is 31.3 Å². The maximum Gasteiger partial charge on any atom is 0.251 e. The summed E-state index contributed by atoms with van der Waals surface area (Å²) in [5.41, 5.74) is 1.15. The molecule has 7 heteroatoms. The number of pyridine rings is 1. The quantitative estimate of drug-likeness (QED) is 0.867. The van der Waals surface area contributed by atoms with E-state index in [2.05, 4.69) is 15.2 Å². The van der Waals surface area contributed by atoms with Crippen molar-refractivity contribution >= 4 is 18.3 Å². The Hall–Kier alpha value is -2.05. The monoisotopic (exact) mass is 393 g/mol. The van der Waals surface area contributed by atoms with E-state index < -0.39 is 17.5 Å². The lowest BCUT2D eigenvalue weighted by atomic mass is 9.76. The first-order chi connectivity index (χ1) is 12.6. The maximum absolute atomic E-state index is 13.4. The number of halogens is 3. The van der Waals surface area contributed by atoms with Crippen molar-refractivity contribution in [1.82, 2.24) is 15.2 Å². The lowest BCUT2D eigenvalue weighted by Crippen LogP contribution is -2.64. The first-order valence-electron chi connectivity index (χ1n) is 9.00. The number of piperidine rings is 3. The summed E-state index contributed by atoms with van der Waals surface area (Å²) in [5, 5.41) is 3.06. The lowest BCUT2D eigenvalue weighted by molar-refractivity contribution is 0.0136. The predicted octanol–water partition coefficient (Wildman–Crippen LogP) is 3.22. The molecule has 0 aliphatic carbocycles. The largest absolute Gasteiger partial charge is 0.347 e. The van der Waals surface area contributed by atoms with Gasteiger partial charge in [0.2, 0.25) is 0 Å². The van der Waals surface area contributed by atoms with Crippen LogP contribution in [0.2, 0.25) is 0 Å². The molecule has 3 aliphatic rings. The van der Waals surface area contributed by atoms with Gasteiger partial charge in [0.1, 0.15) is 11.6 Å². The Balaban J connectivity index is 0.00000210. The fourth-order valence-electron chi connectivity index (χ4n) is 4.30. The summed E-state index contributed by atoms with van der Waals surface area (Å²) in [6, 6.07) is 7.03. The molecule has 5 rings (SSSR count). The summed E-state index contributed by atoms with van der Waals surface area (Å²) in [6.07, 6.45) is 6.46. The maximum atomic E-state index is 13.4. The molecule has 4 nitrogen and oxygen atoms in total. The van der Waals surface area contributed by atoms with Crippen LogP contribution in [-0.4, -0.2) is 41.0 Å². The number of amides is 1. The topological polar surface area (TPSA) is 45.2 Å². The van der Waals surface area contributed by atoms with Crippen molar-refractivity contribution in [1.29, 1.82) is 0 Å². The molecule has 1 aromatic carbocycles. The second-order valence-electron chi connectivity index (χ2n) is 7.16. The number of carbonyl (C=O) groups is 1. The van der Waals surface area contributed by atoms with Crippen molar-refractivity contribution in [3.05, 3.63) is 65.5 Å². The molecule has 1 aromatic heterocycles. The number of hydrogen-bond donors (Lipinski definition) is 1. The minimum absolute atomic E-state index is 0. The van der Waals surface area contributed by atoms with E-state index >= 15 is 0 Å².